The predicted molar refractivity (Wildman–Crippen MR) is 113 cm³/mol. The molecule has 3 aliphatic rings. The quantitative estimate of drug-likeness (QED) is 0.796. The Morgan fingerprint density at radius 2 is 1.83 bits per heavy atom. The van der Waals surface area contributed by atoms with Gasteiger partial charge in [0.15, 0.2) is 5.82 Å². The van der Waals surface area contributed by atoms with Gasteiger partial charge in [-0.2, -0.15) is 4.98 Å². The molecule has 1 aliphatic heterocycles. The van der Waals surface area contributed by atoms with Crippen molar-refractivity contribution in [1.82, 2.24) is 25.3 Å². The van der Waals surface area contributed by atoms with E-state index in [1.165, 1.54) is 32.1 Å². The van der Waals surface area contributed by atoms with Gasteiger partial charge in [-0.15, -0.1) is 0 Å². The van der Waals surface area contributed by atoms with E-state index < -0.39 is 0 Å². The lowest BCUT2D eigenvalue weighted by atomic mass is 9.73. The molecule has 0 unspecified atom stereocenters. The van der Waals surface area contributed by atoms with Crippen LogP contribution in [-0.4, -0.2) is 45.2 Å². The Morgan fingerprint density at radius 1 is 1.10 bits per heavy atom. The molecule has 3 fully saturated rings. The SMILES string of the molecule is O=C(NC1CCCCC1)N1CCC(CC2CC2)(c2noc(-c3ccncc3)n2)CC1. The highest BCUT2D eigenvalue weighted by atomic mass is 16.5. The lowest BCUT2D eigenvalue weighted by molar-refractivity contribution is 0.140. The molecule has 5 rings (SSSR count). The first-order valence-electron chi connectivity index (χ1n) is 11.5. The number of nitrogens with zero attached hydrogens (tertiary/aromatic N) is 4. The summed E-state index contributed by atoms with van der Waals surface area (Å²) < 4.78 is 5.62. The van der Waals surface area contributed by atoms with Crippen molar-refractivity contribution in [3.63, 3.8) is 0 Å². The van der Waals surface area contributed by atoms with Crippen molar-refractivity contribution < 1.29 is 9.32 Å². The van der Waals surface area contributed by atoms with E-state index in [1.807, 2.05) is 17.0 Å². The molecule has 0 radical (unpaired) electrons. The molecule has 0 bridgehead atoms. The molecule has 1 N–H and O–H groups in total. The maximum Gasteiger partial charge on any atom is 0.317 e. The Labute approximate surface area is 177 Å². The third kappa shape index (κ3) is 4.20. The second kappa shape index (κ2) is 8.36. The monoisotopic (exact) mass is 409 g/mol. The van der Waals surface area contributed by atoms with Gasteiger partial charge in [0.05, 0.1) is 0 Å². The first-order chi connectivity index (χ1) is 14.7. The Kier molecular flexibility index (Phi) is 5.44. The van der Waals surface area contributed by atoms with E-state index in [0.29, 0.717) is 11.9 Å². The summed E-state index contributed by atoms with van der Waals surface area (Å²) in [6, 6.07) is 4.24. The lowest BCUT2D eigenvalue weighted by Crippen LogP contribution is -2.51. The molecule has 1 saturated heterocycles. The van der Waals surface area contributed by atoms with Crippen LogP contribution in [0, 0.1) is 5.92 Å². The third-order valence-corrected chi connectivity index (χ3v) is 7.14. The van der Waals surface area contributed by atoms with Gasteiger partial charge in [-0.25, -0.2) is 4.79 Å². The molecule has 2 amide bonds. The number of urea groups is 1. The van der Waals surface area contributed by atoms with Crippen LogP contribution in [0.1, 0.15) is 70.0 Å². The molecular formula is C23H31N5O2. The van der Waals surface area contributed by atoms with E-state index in [9.17, 15) is 4.79 Å². The van der Waals surface area contributed by atoms with Crippen LogP contribution in [0.4, 0.5) is 4.79 Å². The smallest absolute Gasteiger partial charge is 0.317 e. The van der Waals surface area contributed by atoms with Gasteiger partial charge in [0, 0.05) is 42.5 Å². The second-order valence-corrected chi connectivity index (χ2v) is 9.36. The Bertz CT molecular complexity index is 849. The van der Waals surface area contributed by atoms with Crippen molar-refractivity contribution in [3.8, 4) is 11.5 Å². The van der Waals surface area contributed by atoms with E-state index in [1.54, 1.807) is 12.4 Å². The van der Waals surface area contributed by atoms with Crippen molar-refractivity contribution in [2.45, 2.75) is 75.7 Å². The normalized spacial score (nSPS) is 22.1. The average Bonchev–Trinajstić information content (AvgIpc) is 3.45. The number of piperidine rings is 1. The molecule has 0 spiro atoms. The summed E-state index contributed by atoms with van der Waals surface area (Å²) in [7, 11) is 0. The highest BCUT2D eigenvalue weighted by Gasteiger charge is 2.45. The van der Waals surface area contributed by atoms with Gasteiger partial charge < -0.3 is 14.7 Å². The van der Waals surface area contributed by atoms with E-state index >= 15 is 0 Å². The molecule has 7 nitrogen and oxygen atoms in total. The Hall–Kier alpha value is -2.44. The Morgan fingerprint density at radius 3 is 2.53 bits per heavy atom. The number of carbonyl (C=O) groups excluding carboxylic acids is 1. The molecule has 2 aromatic rings. The maximum absolute atomic E-state index is 12.8. The number of nitrogens with one attached hydrogen (secondary N) is 1. The van der Waals surface area contributed by atoms with Crippen LogP contribution < -0.4 is 5.32 Å². The number of hydrogen-bond acceptors (Lipinski definition) is 5. The van der Waals surface area contributed by atoms with E-state index in [0.717, 1.165) is 62.5 Å². The van der Waals surface area contributed by atoms with E-state index in [-0.39, 0.29) is 11.4 Å². The molecule has 30 heavy (non-hydrogen) atoms. The van der Waals surface area contributed by atoms with Gasteiger partial charge in [-0.1, -0.05) is 37.3 Å². The standard InChI is InChI=1S/C23H31N5O2/c29-22(25-19-4-2-1-3-5-19)28-14-10-23(11-15-28,16-17-6-7-17)21-26-20(30-27-21)18-8-12-24-13-9-18/h8-9,12-13,17,19H,1-7,10-11,14-16H2,(H,25,29). The topological polar surface area (TPSA) is 84.2 Å². The van der Waals surface area contributed by atoms with Crippen LogP contribution in [0.25, 0.3) is 11.5 Å². The van der Waals surface area contributed by atoms with Crippen LogP contribution in [0.2, 0.25) is 0 Å². The van der Waals surface area contributed by atoms with Gasteiger partial charge in [0.1, 0.15) is 0 Å². The van der Waals surface area contributed by atoms with Crippen molar-refractivity contribution in [1.29, 1.82) is 0 Å². The fourth-order valence-corrected chi connectivity index (χ4v) is 5.09. The van der Waals surface area contributed by atoms with Crippen LogP contribution in [0.3, 0.4) is 0 Å². The molecule has 2 aliphatic carbocycles. The summed E-state index contributed by atoms with van der Waals surface area (Å²) in [5, 5.41) is 7.67. The van der Waals surface area contributed by atoms with Gasteiger partial charge >= 0.3 is 6.03 Å². The number of amides is 2. The summed E-state index contributed by atoms with van der Waals surface area (Å²) in [5.74, 6) is 2.13. The number of likely N-dealkylation sites (tertiary alicyclic amines) is 1. The van der Waals surface area contributed by atoms with Gasteiger partial charge in [-0.05, 0) is 50.2 Å². The van der Waals surface area contributed by atoms with Crippen molar-refractivity contribution in [3.05, 3.63) is 30.4 Å². The van der Waals surface area contributed by atoms with Gasteiger partial charge in [-0.3, -0.25) is 4.98 Å². The second-order valence-electron chi connectivity index (χ2n) is 9.36. The minimum atomic E-state index is -0.0857. The minimum absolute atomic E-state index is 0.0857. The highest BCUT2D eigenvalue weighted by Crippen LogP contribution is 2.46. The number of carbonyl (C=O) groups is 1. The average molecular weight is 410 g/mol. The first kappa shape index (κ1) is 19.5. The van der Waals surface area contributed by atoms with Crippen LogP contribution in [0.15, 0.2) is 29.0 Å². The number of aromatic nitrogens is 3. The largest absolute Gasteiger partial charge is 0.335 e. The molecule has 7 heteroatoms. The lowest BCUT2D eigenvalue weighted by Gasteiger charge is -2.40. The number of hydrogen-bond donors (Lipinski definition) is 1. The molecular weight excluding hydrogens is 378 g/mol. The van der Waals surface area contributed by atoms with Crippen LogP contribution >= 0.6 is 0 Å². The minimum Gasteiger partial charge on any atom is -0.335 e. The third-order valence-electron chi connectivity index (χ3n) is 7.14. The molecule has 0 aromatic carbocycles. The molecule has 2 saturated carbocycles. The van der Waals surface area contributed by atoms with Gasteiger partial charge in [0.25, 0.3) is 5.89 Å². The fraction of sp³-hybridized carbons (Fsp3) is 0.652. The molecule has 0 atom stereocenters. The van der Waals surface area contributed by atoms with Crippen molar-refractivity contribution >= 4 is 6.03 Å². The predicted octanol–water partition coefficient (Wildman–Crippen LogP) is 4.31. The Balaban J connectivity index is 1.28. The van der Waals surface area contributed by atoms with Crippen molar-refractivity contribution in [2.24, 2.45) is 5.92 Å². The van der Waals surface area contributed by atoms with Crippen molar-refractivity contribution in [2.75, 3.05) is 13.1 Å². The zero-order chi connectivity index (χ0) is 20.4. The molecule has 2 aromatic heterocycles. The zero-order valence-corrected chi connectivity index (χ0v) is 17.6. The summed E-state index contributed by atoms with van der Waals surface area (Å²) in [6.45, 7) is 1.51. The van der Waals surface area contributed by atoms with Crippen LogP contribution in [-0.2, 0) is 5.41 Å². The highest BCUT2D eigenvalue weighted by molar-refractivity contribution is 5.74. The number of pyridine rings is 1. The fourth-order valence-electron chi connectivity index (χ4n) is 5.09. The molecule has 160 valence electrons. The summed E-state index contributed by atoms with van der Waals surface area (Å²) in [5.41, 5.74) is 0.812. The van der Waals surface area contributed by atoms with E-state index in [2.05, 4.69) is 15.5 Å². The summed E-state index contributed by atoms with van der Waals surface area (Å²) >= 11 is 0. The number of rotatable bonds is 5. The van der Waals surface area contributed by atoms with Crippen LogP contribution in [0.5, 0.6) is 0 Å². The first-order valence-corrected chi connectivity index (χ1v) is 11.5. The summed E-state index contributed by atoms with van der Waals surface area (Å²) in [4.78, 5) is 23.6. The van der Waals surface area contributed by atoms with E-state index in [4.69, 9.17) is 9.51 Å². The summed E-state index contributed by atoms with van der Waals surface area (Å²) in [6.07, 6.45) is 15.0. The van der Waals surface area contributed by atoms with Gasteiger partial charge in [0.2, 0.25) is 0 Å². The maximum atomic E-state index is 12.8. The molecule has 3 heterocycles. The zero-order valence-electron chi connectivity index (χ0n) is 17.6.